The van der Waals surface area contributed by atoms with Crippen molar-refractivity contribution in [3.63, 3.8) is 0 Å². The molecular formula is C20H24N2O4S. The molecule has 0 aliphatic carbocycles. The van der Waals surface area contributed by atoms with Crippen LogP contribution >= 0.6 is 0 Å². The molecule has 2 aromatic rings. The van der Waals surface area contributed by atoms with Crippen molar-refractivity contribution in [1.29, 1.82) is 0 Å². The molecule has 0 spiro atoms. The lowest BCUT2D eigenvalue weighted by atomic mass is 10.1. The van der Waals surface area contributed by atoms with Gasteiger partial charge in [0.25, 0.3) is 5.91 Å². The molecule has 0 saturated carbocycles. The van der Waals surface area contributed by atoms with Gasteiger partial charge in [-0.25, -0.2) is 13.1 Å². The van der Waals surface area contributed by atoms with Crippen molar-refractivity contribution in [1.82, 2.24) is 9.62 Å². The van der Waals surface area contributed by atoms with Gasteiger partial charge in [-0.3, -0.25) is 4.79 Å². The second-order valence-electron chi connectivity index (χ2n) is 6.69. The van der Waals surface area contributed by atoms with Crippen molar-refractivity contribution in [2.45, 2.75) is 30.7 Å². The highest BCUT2D eigenvalue weighted by Gasteiger charge is 2.26. The first kappa shape index (κ1) is 19.4. The van der Waals surface area contributed by atoms with E-state index in [9.17, 15) is 13.2 Å². The van der Waals surface area contributed by atoms with E-state index in [4.69, 9.17) is 4.74 Å². The SMILES string of the molecule is Cc1ccc(OCC(=O)N2CCC(NS(=O)(=O)c3ccccc3)CC2)cc1. The van der Waals surface area contributed by atoms with Crippen LogP contribution in [0.2, 0.25) is 0 Å². The first-order valence-corrected chi connectivity index (χ1v) is 10.5. The van der Waals surface area contributed by atoms with Crippen LogP contribution in [0.3, 0.4) is 0 Å². The number of likely N-dealkylation sites (tertiary alicyclic amines) is 1. The van der Waals surface area contributed by atoms with Crippen LogP contribution in [0.4, 0.5) is 0 Å². The molecule has 0 aromatic heterocycles. The Balaban J connectivity index is 1.47. The Labute approximate surface area is 160 Å². The van der Waals surface area contributed by atoms with Crippen molar-refractivity contribution < 1.29 is 17.9 Å². The normalized spacial score (nSPS) is 15.5. The van der Waals surface area contributed by atoms with E-state index in [0.29, 0.717) is 31.7 Å². The number of piperidine rings is 1. The van der Waals surface area contributed by atoms with Crippen LogP contribution in [0.15, 0.2) is 59.5 Å². The van der Waals surface area contributed by atoms with Crippen LogP contribution in [0, 0.1) is 6.92 Å². The Morgan fingerprint density at radius 1 is 1.07 bits per heavy atom. The number of sulfonamides is 1. The molecular weight excluding hydrogens is 364 g/mol. The zero-order chi connectivity index (χ0) is 19.3. The van der Waals surface area contributed by atoms with Crippen LogP contribution in [-0.4, -0.2) is 45.0 Å². The van der Waals surface area contributed by atoms with Crippen LogP contribution in [-0.2, 0) is 14.8 Å². The second-order valence-corrected chi connectivity index (χ2v) is 8.41. The molecule has 1 N–H and O–H groups in total. The molecule has 1 saturated heterocycles. The highest BCUT2D eigenvalue weighted by molar-refractivity contribution is 7.89. The fourth-order valence-corrected chi connectivity index (χ4v) is 4.33. The lowest BCUT2D eigenvalue weighted by Gasteiger charge is -2.32. The Morgan fingerprint density at radius 2 is 1.70 bits per heavy atom. The van der Waals surface area contributed by atoms with Gasteiger partial charge in [0.15, 0.2) is 6.61 Å². The van der Waals surface area contributed by atoms with Crippen LogP contribution in [0.25, 0.3) is 0 Å². The molecule has 1 amide bonds. The summed E-state index contributed by atoms with van der Waals surface area (Å²) in [7, 11) is -3.53. The lowest BCUT2D eigenvalue weighted by molar-refractivity contribution is -0.134. The van der Waals surface area contributed by atoms with Crippen LogP contribution in [0.5, 0.6) is 5.75 Å². The van der Waals surface area contributed by atoms with E-state index in [1.54, 1.807) is 35.2 Å². The summed E-state index contributed by atoms with van der Waals surface area (Å²) in [6, 6.07) is 15.7. The Hall–Kier alpha value is -2.38. The fourth-order valence-electron chi connectivity index (χ4n) is 3.00. The number of amides is 1. The van der Waals surface area contributed by atoms with Crippen LogP contribution < -0.4 is 9.46 Å². The summed E-state index contributed by atoms with van der Waals surface area (Å²) in [6.45, 7) is 3.00. The highest BCUT2D eigenvalue weighted by atomic mass is 32.2. The van der Waals surface area contributed by atoms with E-state index in [1.807, 2.05) is 31.2 Å². The number of rotatable bonds is 6. The number of carbonyl (C=O) groups excluding carboxylic acids is 1. The van der Waals surface area contributed by atoms with Crippen molar-refractivity contribution >= 4 is 15.9 Å². The van der Waals surface area contributed by atoms with E-state index >= 15 is 0 Å². The summed E-state index contributed by atoms with van der Waals surface area (Å²) in [6.07, 6.45) is 1.17. The molecule has 0 atom stereocenters. The van der Waals surface area contributed by atoms with E-state index in [1.165, 1.54) is 0 Å². The van der Waals surface area contributed by atoms with Crippen molar-refractivity contribution in [2.75, 3.05) is 19.7 Å². The molecule has 1 aliphatic rings. The van der Waals surface area contributed by atoms with Gasteiger partial charge in [-0.2, -0.15) is 0 Å². The van der Waals surface area contributed by atoms with Gasteiger partial charge >= 0.3 is 0 Å². The Kier molecular flexibility index (Phi) is 6.13. The molecule has 27 heavy (non-hydrogen) atoms. The van der Waals surface area contributed by atoms with Gasteiger partial charge in [0.05, 0.1) is 4.90 Å². The van der Waals surface area contributed by atoms with Crippen molar-refractivity contribution in [3.8, 4) is 5.75 Å². The maximum absolute atomic E-state index is 12.4. The third-order valence-corrected chi connectivity index (χ3v) is 6.14. The summed E-state index contributed by atoms with van der Waals surface area (Å²) in [5, 5.41) is 0. The standard InChI is InChI=1S/C20H24N2O4S/c1-16-7-9-18(10-8-16)26-15-20(23)22-13-11-17(12-14-22)21-27(24,25)19-5-3-2-4-6-19/h2-10,17,21H,11-15H2,1H3. The van der Waals surface area contributed by atoms with E-state index in [0.717, 1.165) is 5.56 Å². The van der Waals surface area contributed by atoms with Gasteiger partial charge in [-0.15, -0.1) is 0 Å². The number of ether oxygens (including phenoxy) is 1. The molecule has 0 radical (unpaired) electrons. The smallest absolute Gasteiger partial charge is 0.260 e. The number of hydrogen-bond acceptors (Lipinski definition) is 4. The molecule has 0 bridgehead atoms. The first-order chi connectivity index (χ1) is 12.9. The molecule has 2 aromatic carbocycles. The summed E-state index contributed by atoms with van der Waals surface area (Å²) >= 11 is 0. The molecule has 144 valence electrons. The third-order valence-electron chi connectivity index (χ3n) is 4.61. The third kappa shape index (κ3) is 5.30. The maximum atomic E-state index is 12.4. The summed E-state index contributed by atoms with van der Waals surface area (Å²) in [4.78, 5) is 14.3. The van der Waals surface area contributed by atoms with Crippen LogP contribution in [0.1, 0.15) is 18.4 Å². The van der Waals surface area contributed by atoms with Gasteiger partial charge in [0.1, 0.15) is 5.75 Å². The lowest BCUT2D eigenvalue weighted by Crippen LogP contribution is -2.47. The van der Waals surface area contributed by atoms with Crippen molar-refractivity contribution in [3.05, 3.63) is 60.2 Å². The number of nitrogens with zero attached hydrogens (tertiary/aromatic N) is 1. The van der Waals surface area contributed by atoms with E-state index in [2.05, 4.69) is 4.72 Å². The highest BCUT2D eigenvalue weighted by Crippen LogP contribution is 2.16. The summed E-state index contributed by atoms with van der Waals surface area (Å²) < 4.78 is 33.1. The monoisotopic (exact) mass is 388 g/mol. The molecule has 1 fully saturated rings. The van der Waals surface area contributed by atoms with E-state index < -0.39 is 10.0 Å². The minimum absolute atomic E-state index is 0.0104. The fraction of sp³-hybridized carbons (Fsp3) is 0.350. The van der Waals surface area contributed by atoms with E-state index in [-0.39, 0.29) is 23.5 Å². The molecule has 7 heteroatoms. The zero-order valence-corrected chi connectivity index (χ0v) is 16.1. The number of carbonyl (C=O) groups is 1. The Morgan fingerprint density at radius 3 is 2.33 bits per heavy atom. The summed E-state index contributed by atoms with van der Waals surface area (Å²) in [5.41, 5.74) is 1.13. The summed E-state index contributed by atoms with van der Waals surface area (Å²) in [5.74, 6) is 0.583. The predicted octanol–water partition coefficient (Wildman–Crippen LogP) is 2.34. The number of benzene rings is 2. The van der Waals surface area contributed by atoms with Crippen molar-refractivity contribution in [2.24, 2.45) is 0 Å². The quantitative estimate of drug-likeness (QED) is 0.824. The Bertz CT molecular complexity index is 859. The minimum atomic E-state index is -3.53. The zero-order valence-electron chi connectivity index (χ0n) is 15.3. The number of aryl methyl sites for hydroxylation is 1. The molecule has 1 heterocycles. The van der Waals surface area contributed by atoms with Gasteiger partial charge in [0, 0.05) is 19.1 Å². The van der Waals surface area contributed by atoms with Gasteiger partial charge < -0.3 is 9.64 Å². The average molecular weight is 388 g/mol. The average Bonchev–Trinajstić information content (AvgIpc) is 2.68. The molecule has 0 unspecified atom stereocenters. The van der Waals surface area contributed by atoms with Gasteiger partial charge in [-0.1, -0.05) is 35.9 Å². The second kappa shape index (κ2) is 8.54. The predicted molar refractivity (Wildman–Crippen MR) is 103 cm³/mol. The minimum Gasteiger partial charge on any atom is -0.484 e. The largest absolute Gasteiger partial charge is 0.484 e. The number of hydrogen-bond donors (Lipinski definition) is 1. The molecule has 6 nitrogen and oxygen atoms in total. The first-order valence-electron chi connectivity index (χ1n) is 8.99. The van der Waals surface area contributed by atoms with Gasteiger partial charge in [0.2, 0.25) is 10.0 Å². The van der Waals surface area contributed by atoms with Gasteiger partial charge in [-0.05, 0) is 44.0 Å². The topological polar surface area (TPSA) is 75.7 Å². The molecule has 1 aliphatic heterocycles. The maximum Gasteiger partial charge on any atom is 0.260 e. The number of nitrogens with one attached hydrogen (secondary N) is 1. The molecule has 3 rings (SSSR count).